The number of ether oxygens (including phenoxy) is 1. The number of carbonyl (C=O) groups is 3. The summed E-state index contributed by atoms with van der Waals surface area (Å²) in [6.07, 6.45) is 2.76. The van der Waals surface area contributed by atoms with Gasteiger partial charge in [-0.15, -0.1) is 0 Å². The van der Waals surface area contributed by atoms with Crippen molar-refractivity contribution in [2.45, 2.75) is 44.4 Å². The Morgan fingerprint density at radius 3 is 2.60 bits per heavy atom. The number of rotatable bonds is 5. The molecule has 0 bridgehead atoms. The van der Waals surface area contributed by atoms with Crippen molar-refractivity contribution in [2.75, 3.05) is 19.5 Å². The Hall–Kier alpha value is -1.08. The molecule has 114 valence electrons. The Kier molecular flexibility index (Phi) is 7.01. The zero-order chi connectivity index (χ0) is 15.1. The van der Waals surface area contributed by atoms with E-state index in [1.165, 1.54) is 18.7 Å². The molecule has 0 aliphatic carbocycles. The Labute approximate surface area is 123 Å². The van der Waals surface area contributed by atoms with E-state index in [0.717, 1.165) is 31.6 Å². The lowest BCUT2D eigenvalue weighted by molar-refractivity contribution is -0.127. The Morgan fingerprint density at radius 2 is 2.05 bits per heavy atom. The van der Waals surface area contributed by atoms with Crippen LogP contribution >= 0.6 is 11.8 Å². The number of amides is 4. The average molecular weight is 302 g/mol. The van der Waals surface area contributed by atoms with E-state index >= 15 is 0 Å². The predicted molar refractivity (Wildman–Crippen MR) is 77.5 cm³/mol. The minimum absolute atomic E-state index is 0.135. The second-order valence-corrected chi connectivity index (χ2v) is 6.19. The number of nitrogens with one attached hydrogen (secondary N) is 1. The van der Waals surface area contributed by atoms with Crippen LogP contribution in [0.25, 0.3) is 0 Å². The van der Waals surface area contributed by atoms with Crippen molar-refractivity contribution in [3.8, 4) is 0 Å². The lowest BCUT2D eigenvalue weighted by Gasteiger charge is -2.25. The second-order valence-electron chi connectivity index (χ2n) is 4.86. The summed E-state index contributed by atoms with van der Waals surface area (Å²) < 4.78 is 5.02. The fourth-order valence-corrected chi connectivity index (χ4v) is 3.77. The van der Waals surface area contributed by atoms with E-state index in [2.05, 4.69) is 5.32 Å². The number of imide groups is 2. The smallest absolute Gasteiger partial charge is 0.331 e. The summed E-state index contributed by atoms with van der Waals surface area (Å²) in [5, 5.41) is 2.60. The van der Waals surface area contributed by atoms with Crippen LogP contribution in [0.3, 0.4) is 0 Å². The molecule has 1 N–H and O–H groups in total. The van der Waals surface area contributed by atoms with Crippen molar-refractivity contribution in [3.63, 3.8) is 0 Å². The molecule has 1 aliphatic rings. The summed E-state index contributed by atoms with van der Waals surface area (Å²) in [7, 11) is 1.67. The number of thioether (sulfide) groups is 1. The minimum Gasteiger partial charge on any atom is -0.385 e. The third-order valence-corrected chi connectivity index (χ3v) is 4.62. The van der Waals surface area contributed by atoms with E-state index in [1.807, 2.05) is 0 Å². The van der Waals surface area contributed by atoms with Gasteiger partial charge >= 0.3 is 6.03 Å². The Balaban J connectivity index is 2.55. The van der Waals surface area contributed by atoms with E-state index in [9.17, 15) is 14.4 Å². The number of carbonyl (C=O) groups excluding carboxylic acids is 3. The summed E-state index contributed by atoms with van der Waals surface area (Å²) in [4.78, 5) is 35.7. The summed E-state index contributed by atoms with van der Waals surface area (Å²) in [6.45, 7) is 3.33. The molecule has 0 aromatic heterocycles. The van der Waals surface area contributed by atoms with Crippen molar-refractivity contribution < 1.29 is 19.1 Å². The average Bonchev–Trinajstić information content (AvgIpc) is 2.76. The highest BCUT2D eigenvalue weighted by Gasteiger charge is 2.34. The van der Waals surface area contributed by atoms with Gasteiger partial charge in [-0.2, -0.15) is 11.8 Å². The fourth-order valence-electron chi connectivity index (χ4n) is 2.30. The lowest BCUT2D eigenvalue weighted by atomic mass is 10.1. The van der Waals surface area contributed by atoms with Crippen LogP contribution in [0.4, 0.5) is 4.79 Å². The van der Waals surface area contributed by atoms with E-state index in [0.29, 0.717) is 5.25 Å². The first kappa shape index (κ1) is 17.0. The molecular formula is C13H22N2O4S. The standard InChI is InChI=1S/C13H22N2O4S/c1-9(16)14-13(18)15(10(2)17)11-7-12(20-8-11)5-4-6-19-3/h11-12H,4-8H2,1-3H3,(H,14,16,18)/t11-,12-/m1/s1. The van der Waals surface area contributed by atoms with E-state index < -0.39 is 11.9 Å². The quantitative estimate of drug-likeness (QED) is 0.777. The molecule has 20 heavy (non-hydrogen) atoms. The number of methoxy groups -OCH3 is 1. The summed E-state index contributed by atoms with van der Waals surface area (Å²) in [6, 6.07) is -0.752. The number of hydrogen-bond donors (Lipinski definition) is 1. The lowest BCUT2D eigenvalue weighted by Crippen LogP contribution is -2.50. The van der Waals surface area contributed by atoms with Gasteiger partial charge in [-0.3, -0.25) is 19.8 Å². The maximum Gasteiger partial charge on any atom is 0.331 e. The largest absolute Gasteiger partial charge is 0.385 e. The molecule has 1 rings (SSSR count). The van der Waals surface area contributed by atoms with Gasteiger partial charge in [-0.05, 0) is 19.3 Å². The van der Waals surface area contributed by atoms with Gasteiger partial charge in [-0.1, -0.05) is 0 Å². The van der Waals surface area contributed by atoms with Crippen LogP contribution in [0.5, 0.6) is 0 Å². The molecule has 1 fully saturated rings. The number of nitrogens with zero attached hydrogens (tertiary/aromatic N) is 1. The van der Waals surface area contributed by atoms with Crippen LogP contribution in [-0.4, -0.2) is 53.5 Å². The molecule has 0 unspecified atom stereocenters. The predicted octanol–water partition coefficient (Wildman–Crippen LogP) is 1.39. The topological polar surface area (TPSA) is 75.7 Å². The first-order chi connectivity index (χ1) is 9.45. The van der Waals surface area contributed by atoms with Crippen molar-refractivity contribution >= 4 is 29.6 Å². The van der Waals surface area contributed by atoms with E-state index in [-0.39, 0.29) is 11.9 Å². The van der Waals surface area contributed by atoms with E-state index in [4.69, 9.17) is 4.74 Å². The summed E-state index contributed by atoms with van der Waals surface area (Å²) in [5.41, 5.74) is 0. The first-order valence-electron chi connectivity index (χ1n) is 6.67. The van der Waals surface area contributed by atoms with Crippen molar-refractivity contribution in [3.05, 3.63) is 0 Å². The van der Waals surface area contributed by atoms with Crippen LogP contribution < -0.4 is 5.32 Å². The number of hydrogen-bond acceptors (Lipinski definition) is 5. The van der Waals surface area contributed by atoms with Crippen LogP contribution in [0.1, 0.15) is 33.1 Å². The molecule has 1 saturated heterocycles. The fraction of sp³-hybridized carbons (Fsp3) is 0.769. The summed E-state index contributed by atoms with van der Waals surface area (Å²) in [5.74, 6) is -0.0572. The third-order valence-electron chi connectivity index (χ3n) is 3.14. The van der Waals surface area contributed by atoms with Gasteiger partial charge in [0, 0.05) is 38.6 Å². The van der Waals surface area contributed by atoms with Gasteiger partial charge in [-0.25, -0.2) is 4.79 Å². The molecule has 0 radical (unpaired) electrons. The molecule has 0 aromatic carbocycles. The molecule has 0 spiro atoms. The van der Waals surface area contributed by atoms with Gasteiger partial charge in [0.05, 0.1) is 6.04 Å². The van der Waals surface area contributed by atoms with E-state index in [1.54, 1.807) is 18.9 Å². The molecule has 0 aromatic rings. The van der Waals surface area contributed by atoms with Crippen molar-refractivity contribution in [1.82, 2.24) is 10.2 Å². The van der Waals surface area contributed by atoms with Crippen LogP contribution in [0.15, 0.2) is 0 Å². The highest BCUT2D eigenvalue weighted by atomic mass is 32.2. The van der Waals surface area contributed by atoms with Crippen LogP contribution in [-0.2, 0) is 14.3 Å². The molecular weight excluding hydrogens is 280 g/mol. The molecule has 7 heteroatoms. The Morgan fingerprint density at radius 1 is 1.35 bits per heavy atom. The van der Waals surface area contributed by atoms with Gasteiger partial charge in [0.15, 0.2) is 0 Å². The SMILES string of the molecule is COCCC[C@@H]1C[C@@H](N(C(C)=O)C(=O)NC(C)=O)CS1. The van der Waals surface area contributed by atoms with Crippen LogP contribution in [0.2, 0.25) is 0 Å². The Bertz CT molecular complexity index is 375. The minimum atomic E-state index is -0.617. The first-order valence-corrected chi connectivity index (χ1v) is 7.72. The molecule has 6 nitrogen and oxygen atoms in total. The van der Waals surface area contributed by atoms with Crippen molar-refractivity contribution in [2.24, 2.45) is 0 Å². The second kappa shape index (κ2) is 8.26. The summed E-state index contributed by atoms with van der Waals surface area (Å²) >= 11 is 1.77. The van der Waals surface area contributed by atoms with Crippen molar-refractivity contribution in [1.29, 1.82) is 0 Å². The van der Waals surface area contributed by atoms with Gasteiger partial charge in [0.25, 0.3) is 0 Å². The maximum atomic E-state index is 11.9. The zero-order valence-corrected chi connectivity index (χ0v) is 13.0. The zero-order valence-electron chi connectivity index (χ0n) is 12.2. The van der Waals surface area contributed by atoms with Gasteiger partial charge in [0.1, 0.15) is 0 Å². The highest BCUT2D eigenvalue weighted by Crippen LogP contribution is 2.33. The molecule has 1 heterocycles. The normalized spacial score (nSPS) is 21.6. The van der Waals surface area contributed by atoms with Crippen LogP contribution in [0, 0.1) is 0 Å². The highest BCUT2D eigenvalue weighted by molar-refractivity contribution is 8.00. The maximum absolute atomic E-state index is 11.9. The molecule has 4 amide bonds. The monoisotopic (exact) mass is 302 g/mol. The van der Waals surface area contributed by atoms with Gasteiger partial charge < -0.3 is 4.74 Å². The molecule has 2 atom stereocenters. The molecule has 0 saturated carbocycles. The number of urea groups is 1. The third kappa shape index (κ3) is 5.13. The van der Waals surface area contributed by atoms with Gasteiger partial charge in [0.2, 0.25) is 11.8 Å². The molecule has 1 aliphatic heterocycles.